The summed E-state index contributed by atoms with van der Waals surface area (Å²) >= 11 is 3.42. The molecule has 0 N–H and O–H groups in total. The third-order valence-electron chi connectivity index (χ3n) is 2.41. The molecule has 0 fully saturated rings. The Balaban J connectivity index is 2.84. The SMILES string of the molecule is CN(C)CCN(C)c1cc(Br)ccc1C=O. The maximum atomic E-state index is 10.9. The van der Waals surface area contributed by atoms with Crippen LogP contribution in [-0.2, 0) is 0 Å². The first-order valence-electron chi connectivity index (χ1n) is 5.15. The summed E-state index contributed by atoms with van der Waals surface area (Å²) in [6.45, 7) is 1.85. The third-order valence-corrected chi connectivity index (χ3v) is 2.91. The van der Waals surface area contributed by atoms with E-state index in [0.29, 0.717) is 0 Å². The highest BCUT2D eigenvalue weighted by Gasteiger charge is 2.07. The van der Waals surface area contributed by atoms with Crippen LogP contribution in [0.25, 0.3) is 0 Å². The van der Waals surface area contributed by atoms with Gasteiger partial charge in [-0.05, 0) is 32.3 Å². The highest BCUT2D eigenvalue weighted by Crippen LogP contribution is 2.22. The van der Waals surface area contributed by atoms with Crippen molar-refractivity contribution in [1.29, 1.82) is 0 Å². The molecular weight excluding hydrogens is 268 g/mol. The molecule has 1 aromatic rings. The highest BCUT2D eigenvalue weighted by molar-refractivity contribution is 9.10. The maximum Gasteiger partial charge on any atom is 0.152 e. The lowest BCUT2D eigenvalue weighted by molar-refractivity contribution is 0.112. The van der Waals surface area contributed by atoms with Gasteiger partial charge in [0.1, 0.15) is 0 Å². The van der Waals surface area contributed by atoms with E-state index in [2.05, 4.69) is 25.7 Å². The van der Waals surface area contributed by atoms with E-state index in [1.807, 2.05) is 39.3 Å². The van der Waals surface area contributed by atoms with Crippen LogP contribution in [0, 0.1) is 0 Å². The van der Waals surface area contributed by atoms with Crippen LogP contribution in [0.3, 0.4) is 0 Å². The van der Waals surface area contributed by atoms with E-state index in [1.165, 1.54) is 0 Å². The van der Waals surface area contributed by atoms with Crippen molar-refractivity contribution in [1.82, 2.24) is 4.90 Å². The first-order valence-corrected chi connectivity index (χ1v) is 5.94. The second-order valence-corrected chi connectivity index (χ2v) is 4.96. The molecule has 1 rings (SSSR count). The number of anilines is 1. The van der Waals surface area contributed by atoms with Gasteiger partial charge in [-0.15, -0.1) is 0 Å². The van der Waals surface area contributed by atoms with Crippen LogP contribution in [0.1, 0.15) is 10.4 Å². The second-order valence-electron chi connectivity index (χ2n) is 4.05. The van der Waals surface area contributed by atoms with Gasteiger partial charge in [-0.25, -0.2) is 0 Å². The normalized spacial score (nSPS) is 10.6. The summed E-state index contributed by atoms with van der Waals surface area (Å²) in [6, 6.07) is 5.69. The lowest BCUT2D eigenvalue weighted by Gasteiger charge is -2.23. The van der Waals surface area contributed by atoms with E-state index >= 15 is 0 Å². The Kier molecular flexibility index (Phi) is 4.96. The van der Waals surface area contributed by atoms with Crippen LogP contribution in [0.15, 0.2) is 22.7 Å². The molecule has 0 unspecified atom stereocenters. The first kappa shape index (κ1) is 13.2. The monoisotopic (exact) mass is 284 g/mol. The van der Waals surface area contributed by atoms with Gasteiger partial charge in [0, 0.05) is 35.9 Å². The highest BCUT2D eigenvalue weighted by atomic mass is 79.9. The number of hydrogen-bond acceptors (Lipinski definition) is 3. The van der Waals surface area contributed by atoms with E-state index in [0.717, 1.165) is 35.1 Å². The fourth-order valence-corrected chi connectivity index (χ4v) is 1.77. The predicted octanol–water partition coefficient (Wildman–Crippen LogP) is 2.26. The number of aldehydes is 1. The molecule has 0 amide bonds. The molecule has 0 spiro atoms. The minimum Gasteiger partial charge on any atom is -0.373 e. The molecule has 0 atom stereocenters. The maximum absolute atomic E-state index is 10.9. The van der Waals surface area contributed by atoms with E-state index in [-0.39, 0.29) is 0 Å². The van der Waals surface area contributed by atoms with Gasteiger partial charge in [-0.2, -0.15) is 0 Å². The van der Waals surface area contributed by atoms with E-state index < -0.39 is 0 Å². The predicted molar refractivity (Wildman–Crippen MR) is 71.4 cm³/mol. The summed E-state index contributed by atoms with van der Waals surface area (Å²) in [4.78, 5) is 15.1. The quantitative estimate of drug-likeness (QED) is 0.775. The zero-order valence-corrected chi connectivity index (χ0v) is 11.5. The zero-order chi connectivity index (χ0) is 12.1. The fraction of sp³-hybridized carbons (Fsp3) is 0.417. The van der Waals surface area contributed by atoms with Gasteiger partial charge < -0.3 is 9.80 Å². The van der Waals surface area contributed by atoms with Crippen molar-refractivity contribution < 1.29 is 4.79 Å². The number of carbonyl (C=O) groups is 1. The molecule has 0 saturated heterocycles. The smallest absolute Gasteiger partial charge is 0.152 e. The van der Waals surface area contributed by atoms with Crippen LogP contribution in [0.5, 0.6) is 0 Å². The zero-order valence-electron chi connectivity index (χ0n) is 9.90. The molecule has 0 aliphatic carbocycles. The average Bonchev–Trinajstić information content (AvgIpc) is 2.25. The molecule has 0 heterocycles. The van der Waals surface area contributed by atoms with Crippen LogP contribution >= 0.6 is 15.9 Å². The van der Waals surface area contributed by atoms with E-state index in [4.69, 9.17) is 0 Å². The molecule has 16 heavy (non-hydrogen) atoms. The number of halogens is 1. The van der Waals surface area contributed by atoms with Crippen molar-refractivity contribution in [2.75, 3.05) is 39.1 Å². The Hall–Kier alpha value is -0.870. The molecule has 0 bridgehead atoms. The molecular formula is C12H17BrN2O. The molecule has 1 aromatic carbocycles. The Labute approximate surface area is 105 Å². The third kappa shape index (κ3) is 3.61. The average molecular weight is 285 g/mol. The molecule has 4 heteroatoms. The Morgan fingerprint density at radius 1 is 1.25 bits per heavy atom. The van der Waals surface area contributed by atoms with Crippen LogP contribution in [0.4, 0.5) is 5.69 Å². The number of carbonyl (C=O) groups excluding carboxylic acids is 1. The van der Waals surface area contributed by atoms with Crippen LogP contribution in [-0.4, -0.2) is 45.4 Å². The second kappa shape index (κ2) is 6.01. The number of nitrogens with zero attached hydrogens (tertiary/aromatic N) is 2. The lowest BCUT2D eigenvalue weighted by Crippen LogP contribution is -2.29. The molecule has 0 aliphatic heterocycles. The summed E-state index contributed by atoms with van der Waals surface area (Å²) in [5, 5.41) is 0. The summed E-state index contributed by atoms with van der Waals surface area (Å²) < 4.78 is 0.991. The van der Waals surface area contributed by atoms with Crippen LogP contribution < -0.4 is 4.90 Å². The number of rotatable bonds is 5. The lowest BCUT2D eigenvalue weighted by atomic mass is 10.2. The van der Waals surface area contributed by atoms with Gasteiger partial charge in [0.2, 0.25) is 0 Å². The van der Waals surface area contributed by atoms with Crippen molar-refractivity contribution in [3.63, 3.8) is 0 Å². The Morgan fingerprint density at radius 3 is 2.50 bits per heavy atom. The standard InChI is InChI=1S/C12H17BrN2O/c1-14(2)6-7-15(3)12-8-11(13)5-4-10(12)9-16/h4-5,8-9H,6-7H2,1-3H3. The van der Waals surface area contributed by atoms with Gasteiger partial charge in [0.05, 0.1) is 0 Å². The first-order chi connectivity index (χ1) is 7.54. The van der Waals surface area contributed by atoms with Gasteiger partial charge in [0.25, 0.3) is 0 Å². The minimum atomic E-state index is 0.726. The molecule has 3 nitrogen and oxygen atoms in total. The van der Waals surface area contributed by atoms with E-state index in [9.17, 15) is 4.79 Å². The van der Waals surface area contributed by atoms with Crippen molar-refractivity contribution in [2.24, 2.45) is 0 Å². The van der Waals surface area contributed by atoms with Crippen LogP contribution in [0.2, 0.25) is 0 Å². The van der Waals surface area contributed by atoms with Crippen molar-refractivity contribution in [2.45, 2.75) is 0 Å². The molecule has 0 radical (unpaired) electrons. The topological polar surface area (TPSA) is 23.6 Å². The Morgan fingerprint density at radius 2 is 1.94 bits per heavy atom. The molecule has 0 saturated carbocycles. The number of benzene rings is 1. The summed E-state index contributed by atoms with van der Waals surface area (Å²) in [7, 11) is 6.07. The Bertz CT molecular complexity index is 366. The van der Waals surface area contributed by atoms with Crippen molar-refractivity contribution in [3.8, 4) is 0 Å². The summed E-state index contributed by atoms with van der Waals surface area (Å²) in [6.07, 6.45) is 0.897. The molecule has 0 aliphatic rings. The number of likely N-dealkylation sites (N-methyl/N-ethyl adjacent to an activating group) is 2. The summed E-state index contributed by atoms with van der Waals surface area (Å²) in [5.74, 6) is 0. The molecule has 0 aromatic heterocycles. The number of hydrogen-bond donors (Lipinski definition) is 0. The summed E-state index contributed by atoms with van der Waals surface area (Å²) in [5.41, 5.74) is 1.69. The van der Waals surface area contributed by atoms with E-state index in [1.54, 1.807) is 0 Å². The fourth-order valence-electron chi connectivity index (χ4n) is 1.42. The van der Waals surface area contributed by atoms with Crippen molar-refractivity contribution in [3.05, 3.63) is 28.2 Å². The van der Waals surface area contributed by atoms with Gasteiger partial charge in [-0.1, -0.05) is 15.9 Å². The van der Waals surface area contributed by atoms with Gasteiger partial charge in [-0.3, -0.25) is 4.79 Å². The minimum absolute atomic E-state index is 0.726. The van der Waals surface area contributed by atoms with Gasteiger partial charge in [0.15, 0.2) is 6.29 Å². The van der Waals surface area contributed by atoms with Gasteiger partial charge >= 0.3 is 0 Å². The van der Waals surface area contributed by atoms with Crippen molar-refractivity contribution >= 4 is 27.9 Å². The molecule has 88 valence electrons. The largest absolute Gasteiger partial charge is 0.373 e.